The molecule has 2 rings (SSSR count). The number of piperazine rings is 1. The van der Waals surface area contributed by atoms with Crippen LogP contribution in [0.1, 0.15) is 20.8 Å². The molecular weight excluding hydrogens is 217 g/mol. The van der Waals surface area contributed by atoms with Crippen LogP contribution in [-0.2, 0) is 0 Å². The molecule has 17 heavy (non-hydrogen) atoms. The maximum absolute atomic E-state index is 12.7. The zero-order valence-corrected chi connectivity index (χ0v) is 11.2. The number of halogens is 1. The first-order valence-corrected chi connectivity index (χ1v) is 6.23. The Balaban J connectivity index is 0.000000686. The third-order valence-corrected chi connectivity index (χ3v) is 3.00. The van der Waals surface area contributed by atoms with E-state index < -0.39 is 0 Å². The normalized spacial score (nSPS) is 20.8. The lowest BCUT2D eigenvalue weighted by atomic mass is 10.2. The molecule has 0 aliphatic carbocycles. The van der Waals surface area contributed by atoms with Crippen molar-refractivity contribution in [3.8, 4) is 0 Å². The van der Waals surface area contributed by atoms with Gasteiger partial charge in [-0.1, -0.05) is 13.8 Å². The van der Waals surface area contributed by atoms with Crippen molar-refractivity contribution in [1.82, 2.24) is 9.88 Å². The van der Waals surface area contributed by atoms with Crippen molar-refractivity contribution in [3.05, 3.63) is 24.1 Å². The zero-order valence-electron chi connectivity index (χ0n) is 11.2. The van der Waals surface area contributed by atoms with Gasteiger partial charge in [-0.25, -0.2) is 9.37 Å². The molecule has 1 aromatic heterocycles. The summed E-state index contributed by atoms with van der Waals surface area (Å²) in [6.45, 7) is 9.13. The molecule has 0 amide bonds. The third kappa shape index (κ3) is 3.66. The van der Waals surface area contributed by atoms with Crippen LogP contribution in [0.25, 0.3) is 0 Å². The summed E-state index contributed by atoms with van der Waals surface area (Å²) in [5.74, 6) is 0.595. The topological polar surface area (TPSA) is 19.4 Å². The van der Waals surface area contributed by atoms with Crippen LogP contribution in [0.15, 0.2) is 18.3 Å². The number of hydrogen-bond acceptors (Lipinski definition) is 3. The molecule has 96 valence electrons. The smallest absolute Gasteiger partial charge is 0.141 e. The maximum atomic E-state index is 12.7. The number of hydrogen-bond donors (Lipinski definition) is 0. The largest absolute Gasteiger partial charge is 0.354 e. The van der Waals surface area contributed by atoms with Gasteiger partial charge in [-0.3, -0.25) is 0 Å². The first kappa shape index (κ1) is 13.9. The van der Waals surface area contributed by atoms with E-state index >= 15 is 0 Å². The van der Waals surface area contributed by atoms with Crippen molar-refractivity contribution in [2.75, 3.05) is 31.6 Å². The molecule has 1 aliphatic heterocycles. The Morgan fingerprint density at radius 3 is 2.53 bits per heavy atom. The first-order chi connectivity index (χ1) is 8.16. The molecule has 0 unspecified atom stereocenters. The quantitative estimate of drug-likeness (QED) is 0.750. The fraction of sp³-hybridized carbons (Fsp3) is 0.615. The van der Waals surface area contributed by atoms with Crippen molar-refractivity contribution in [1.29, 1.82) is 0 Å². The van der Waals surface area contributed by atoms with Crippen molar-refractivity contribution in [2.45, 2.75) is 26.8 Å². The molecular formula is C13H22FN3. The molecule has 0 bridgehead atoms. The number of pyridine rings is 1. The number of likely N-dealkylation sites (N-methyl/N-ethyl adjacent to an activating group) is 1. The Kier molecular flexibility index (Phi) is 5.35. The molecule has 1 fully saturated rings. The van der Waals surface area contributed by atoms with Crippen molar-refractivity contribution in [2.24, 2.45) is 0 Å². The summed E-state index contributed by atoms with van der Waals surface area (Å²) in [6.07, 6.45) is 1.28. The van der Waals surface area contributed by atoms with E-state index in [9.17, 15) is 4.39 Å². The van der Waals surface area contributed by atoms with E-state index in [1.54, 1.807) is 6.07 Å². The second-order valence-corrected chi connectivity index (χ2v) is 4.11. The summed E-state index contributed by atoms with van der Waals surface area (Å²) in [5.41, 5.74) is 0. The Labute approximate surface area is 103 Å². The van der Waals surface area contributed by atoms with E-state index in [1.165, 1.54) is 12.3 Å². The average Bonchev–Trinajstić information content (AvgIpc) is 2.36. The molecule has 0 radical (unpaired) electrons. The number of nitrogens with zero attached hydrogens (tertiary/aromatic N) is 3. The predicted molar refractivity (Wildman–Crippen MR) is 69.8 cm³/mol. The molecule has 1 aliphatic rings. The van der Waals surface area contributed by atoms with Gasteiger partial charge in [0.05, 0.1) is 6.20 Å². The van der Waals surface area contributed by atoms with E-state index in [2.05, 4.69) is 28.8 Å². The van der Waals surface area contributed by atoms with Crippen LogP contribution in [0.4, 0.5) is 10.2 Å². The highest BCUT2D eigenvalue weighted by atomic mass is 19.1. The van der Waals surface area contributed by atoms with Gasteiger partial charge in [0, 0.05) is 25.7 Å². The van der Waals surface area contributed by atoms with Gasteiger partial charge in [-0.2, -0.15) is 0 Å². The fourth-order valence-electron chi connectivity index (χ4n) is 1.81. The maximum Gasteiger partial charge on any atom is 0.141 e. The lowest BCUT2D eigenvalue weighted by Gasteiger charge is -2.38. The highest BCUT2D eigenvalue weighted by Crippen LogP contribution is 2.15. The van der Waals surface area contributed by atoms with E-state index in [4.69, 9.17) is 0 Å². The van der Waals surface area contributed by atoms with E-state index in [-0.39, 0.29) is 5.82 Å². The molecule has 3 nitrogen and oxygen atoms in total. The second kappa shape index (κ2) is 6.55. The standard InChI is InChI=1S/C11H16FN3.C2H6/c1-9-8-15(6-5-14(9)2)11-4-3-10(12)7-13-11;1-2/h3-4,7,9H,5-6,8H2,1-2H3;1-2H3/t9-;/m1./s1. The predicted octanol–water partition coefficient (Wildman–Crippen LogP) is 2.39. The summed E-state index contributed by atoms with van der Waals surface area (Å²) in [5, 5.41) is 0. The SMILES string of the molecule is CC.C[C@@H]1CN(c2ccc(F)cn2)CCN1C. The van der Waals surface area contributed by atoms with Crippen LogP contribution >= 0.6 is 0 Å². The summed E-state index contributed by atoms with van der Waals surface area (Å²) >= 11 is 0. The van der Waals surface area contributed by atoms with Gasteiger partial charge in [-0.05, 0) is 26.1 Å². The van der Waals surface area contributed by atoms with E-state index in [0.29, 0.717) is 6.04 Å². The Morgan fingerprint density at radius 2 is 2.00 bits per heavy atom. The van der Waals surface area contributed by atoms with Gasteiger partial charge in [0.25, 0.3) is 0 Å². The first-order valence-electron chi connectivity index (χ1n) is 6.23. The minimum Gasteiger partial charge on any atom is -0.354 e. The molecule has 2 heterocycles. The Morgan fingerprint density at radius 1 is 1.29 bits per heavy atom. The van der Waals surface area contributed by atoms with Gasteiger partial charge in [0.1, 0.15) is 11.6 Å². The van der Waals surface area contributed by atoms with Gasteiger partial charge in [0.2, 0.25) is 0 Å². The highest BCUT2D eigenvalue weighted by Gasteiger charge is 2.21. The molecule has 1 atom stereocenters. The molecule has 0 N–H and O–H groups in total. The zero-order chi connectivity index (χ0) is 12.8. The van der Waals surface area contributed by atoms with E-state index in [0.717, 1.165) is 25.5 Å². The minimum atomic E-state index is -0.277. The number of anilines is 1. The molecule has 4 heteroatoms. The highest BCUT2D eigenvalue weighted by molar-refractivity contribution is 5.38. The van der Waals surface area contributed by atoms with Gasteiger partial charge in [0.15, 0.2) is 0 Å². The number of rotatable bonds is 1. The van der Waals surface area contributed by atoms with Crippen LogP contribution in [0.5, 0.6) is 0 Å². The molecule has 0 spiro atoms. The fourth-order valence-corrected chi connectivity index (χ4v) is 1.81. The van der Waals surface area contributed by atoms with Crippen molar-refractivity contribution < 1.29 is 4.39 Å². The summed E-state index contributed by atoms with van der Waals surface area (Å²) in [4.78, 5) is 8.61. The minimum absolute atomic E-state index is 0.277. The van der Waals surface area contributed by atoms with Crippen LogP contribution in [-0.4, -0.2) is 42.6 Å². The summed E-state index contributed by atoms with van der Waals surface area (Å²) < 4.78 is 12.7. The van der Waals surface area contributed by atoms with Gasteiger partial charge < -0.3 is 9.80 Å². The molecule has 0 saturated carbocycles. The second-order valence-electron chi connectivity index (χ2n) is 4.11. The summed E-state index contributed by atoms with van der Waals surface area (Å²) in [6, 6.07) is 3.73. The van der Waals surface area contributed by atoms with Gasteiger partial charge in [-0.15, -0.1) is 0 Å². The Hall–Kier alpha value is -1.16. The lowest BCUT2D eigenvalue weighted by molar-refractivity contribution is 0.233. The van der Waals surface area contributed by atoms with Gasteiger partial charge >= 0.3 is 0 Å². The third-order valence-electron chi connectivity index (χ3n) is 3.00. The van der Waals surface area contributed by atoms with Crippen LogP contribution in [0, 0.1) is 5.82 Å². The average molecular weight is 239 g/mol. The van der Waals surface area contributed by atoms with E-state index in [1.807, 2.05) is 13.8 Å². The van der Waals surface area contributed by atoms with Crippen molar-refractivity contribution in [3.63, 3.8) is 0 Å². The molecule has 1 saturated heterocycles. The molecule has 1 aromatic rings. The molecule has 0 aromatic carbocycles. The van der Waals surface area contributed by atoms with Crippen LogP contribution in [0.3, 0.4) is 0 Å². The van der Waals surface area contributed by atoms with Crippen molar-refractivity contribution >= 4 is 5.82 Å². The van der Waals surface area contributed by atoms with Crippen LogP contribution < -0.4 is 4.90 Å². The van der Waals surface area contributed by atoms with Crippen LogP contribution in [0.2, 0.25) is 0 Å². The summed E-state index contributed by atoms with van der Waals surface area (Å²) in [7, 11) is 2.13. The lowest BCUT2D eigenvalue weighted by Crippen LogP contribution is -2.50. The monoisotopic (exact) mass is 239 g/mol. The number of aromatic nitrogens is 1. The Bertz CT molecular complexity index is 326.